The van der Waals surface area contributed by atoms with Crippen molar-refractivity contribution in [1.82, 2.24) is 0 Å². The van der Waals surface area contributed by atoms with Crippen molar-refractivity contribution in [3.05, 3.63) is 0 Å². The van der Waals surface area contributed by atoms with Gasteiger partial charge in [0.25, 0.3) is 16.0 Å². The minimum atomic E-state index is -3.79. The fraction of sp³-hybridized carbons (Fsp3) is 1.00. The van der Waals surface area contributed by atoms with E-state index in [1.165, 1.54) is 0 Å². The number of hydrogen-bond acceptors (Lipinski definition) is 3. The summed E-state index contributed by atoms with van der Waals surface area (Å²) in [7, 11) is -3.79. The molecule has 0 radical (unpaired) electrons. The predicted molar refractivity (Wildman–Crippen MR) is 36.0 cm³/mol. The Kier molecular flexibility index (Phi) is 2.96. The Morgan fingerprint density at radius 1 is 1.45 bits per heavy atom. The fourth-order valence-corrected chi connectivity index (χ4v) is 1.04. The maximum Gasteiger partial charge on any atom is 0.272 e. The van der Waals surface area contributed by atoms with E-state index in [1.54, 1.807) is 0 Å². The van der Waals surface area contributed by atoms with E-state index in [1.807, 2.05) is 0 Å². The van der Waals surface area contributed by atoms with Gasteiger partial charge in [0.05, 0.1) is 6.26 Å². The van der Waals surface area contributed by atoms with Crippen LogP contribution in [0.1, 0.15) is 13.8 Å². The van der Waals surface area contributed by atoms with Gasteiger partial charge in [-0.05, 0) is 6.92 Å². The smallest absolute Gasteiger partial charge is 0.261 e. The molecule has 3 nitrogen and oxygen atoms in total. The summed E-state index contributed by atoms with van der Waals surface area (Å²) < 4.78 is 49.2. The zero-order valence-electron chi connectivity index (χ0n) is 6.47. The topological polar surface area (TPSA) is 43.4 Å². The van der Waals surface area contributed by atoms with Gasteiger partial charge in [0.2, 0.25) is 0 Å². The fourth-order valence-electron chi connectivity index (χ4n) is 0.347. The maximum absolute atomic E-state index is 12.3. The molecular formula is C5H10F2O3S. The number of alkyl halides is 2. The van der Waals surface area contributed by atoms with Gasteiger partial charge in [0.1, 0.15) is 6.10 Å². The first-order chi connectivity index (χ1) is 4.63. The molecule has 1 unspecified atom stereocenters. The molecule has 0 aromatic heterocycles. The molecule has 0 bridgehead atoms. The quantitative estimate of drug-likeness (QED) is 0.621. The summed E-state index contributed by atoms with van der Waals surface area (Å²) in [5.74, 6) is -3.14. The second kappa shape index (κ2) is 3.02. The molecule has 0 heterocycles. The van der Waals surface area contributed by atoms with Crippen LogP contribution in [-0.2, 0) is 14.3 Å². The van der Waals surface area contributed by atoms with Crippen LogP contribution in [0.5, 0.6) is 0 Å². The van der Waals surface area contributed by atoms with Crippen LogP contribution in [0.3, 0.4) is 0 Å². The third-order valence-corrected chi connectivity index (χ3v) is 1.67. The molecule has 0 aliphatic rings. The van der Waals surface area contributed by atoms with Crippen LogP contribution < -0.4 is 0 Å². The van der Waals surface area contributed by atoms with Gasteiger partial charge in [-0.1, -0.05) is 0 Å². The van der Waals surface area contributed by atoms with E-state index in [0.717, 1.165) is 13.2 Å². The van der Waals surface area contributed by atoms with Gasteiger partial charge in [0, 0.05) is 6.92 Å². The molecule has 0 N–H and O–H groups in total. The first-order valence-electron chi connectivity index (χ1n) is 2.89. The average molecular weight is 188 g/mol. The van der Waals surface area contributed by atoms with Crippen molar-refractivity contribution < 1.29 is 21.4 Å². The Morgan fingerprint density at radius 2 is 1.82 bits per heavy atom. The van der Waals surface area contributed by atoms with Crippen LogP contribution in [0.15, 0.2) is 0 Å². The van der Waals surface area contributed by atoms with Crippen LogP contribution in [0, 0.1) is 0 Å². The van der Waals surface area contributed by atoms with Crippen LogP contribution in [0.4, 0.5) is 8.78 Å². The highest BCUT2D eigenvalue weighted by molar-refractivity contribution is 7.86. The molecule has 0 saturated carbocycles. The summed E-state index contributed by atoms with van der Waals surface area (Å²) in [5, 5.41) is 0. The Morgan fingerprint density at radius 3 is 1.91 bits per heavy atom. The van der Waals surface area contributed by atoms with Crippen LogP contribution in [-0.4, -0.2) is 26.7 Å². The molecule has 0 amide bonds. The second-order valence-electron chi connectivity index (χ2n) is 2.40. The third-order valence-electron chi connectivity index (χ3n) is 1.03. The molecule has 0 spiro atoms. The highest BCUT2D eigenvalue weighted by Crippen LogP contribution is 2.20. The number of rotatable bonds is 3. The van der Waals surface area contributed by atoms with E-state index in [4.69, 9.17) is 0 Å². The van der Waals surface area contributed by atoms with Gasteiger partial charge < -0.3 is 0 Å². The molecule has 0 aromatic rings. The van der Waals surface area contributed by atoms with Gasteiger partial charge >= 0.3 is 0 Å². The normalized spacial score (nSPS) is 16.5. The average Bonchev–Trinajstić information content (AvgIpc) is 1.56. The van der Waals surface area contributed by atoms with E-state index in [9.17, 15) is 17.2 Å². The maximum atomic E-state index is 12.3. The molecule has 68 valence electrons. The first kappa shape index (κ1) is 10.8. The molecule has 6 heteroatoms. The van der Waals surface area contributed by atoms with Gasteiger partial charge in [-0.25, -0.2) is 8.78 Å². The molecule has 11 heavy (non-hydrogen) atoms. The lowest BCUT2D eigenvalue weighted by Gasteiger charge is -2.17. The summed E-state index contributed by atoms with van der Waals surface area (Å²) in [6.45, 7) is 1.60. The number of halogens is 2. The molecule has 0 aliphatic heterocycles. The monoisotopic (exact) mass is 188 g/mol. The van der Waals surface area contributed by atoms with Gasteiger partial charge in [-0.2, -0.15) is 8.42 Å². The van der Waals surface area contributed by atoms with Crippen LogP contribution >= 0.6 is 0 Å². The summed E-state index contributed by atoms with van der Waals surface area (Å²) >= 11 is 0. The van der Waals surface area contributed by atoms with Crippen molar-refractivity contribution >= 4 is 10.1 Å². The first-order valence-corrected chi connectivity index (χ1v) is 4.70. The molecule has 0 rings (SSSR count). The minimum absolute atomic E-state index is 0.600. The number of hydrogen-bond donors (Lipinski definition) is 0. The summed E-state index contributed by atoms with van der Waals surface area (Å²) in [6.07, 6.45) is -0.882. The summed E-state index contributed by atoms with van der Waals surface area (Å²) in [5.41, 5.74) is 0. The minimum Gasteiger partial charge on any atom is -0.261 e. The van der Waals surface area contributed by atoms with Crippen LogP contribution in [0.25, 0.3) is 0 Å². The van der Waals surface area contributed by atoms with E-state index < -0.39 is 22.1 Å². The Labute approximate surface area is 64.5 Å². The SMILES string of the molecule is CC(OS(C)(=O)=O)C(C)(F)F. The van der Waals surface area contributed by atoms with Crippen molar-refractivity contribution in [2.24, 2.45) is 0 Å². The van der Waals surface area contributed by atoms with E-state index in [-0.39, 0.29) is 0 Å². The van der Waals surface area contributed by atoms with E-state index in [2.05, 4.69) is 4.18 Å². The zero-order chi connectivity index (χ0) is 9.28. The predicted octanol–water partition coefficient (Wildman–Crippen LogP) is 1.01. The third kappa shape index (κ3) is 5.09. The Bertz CT molecular complexity index is 216. The molecule has 0 fully saturated rings. The van der Waals surface area contributed by atoms with Gasteiger partial charge in [0.15, 0.2) is 0 Å². The Balaban J connectivity index is 4.21. The molecule has 0 saturated heterocycles. The van der Waals surface area contributed by atoms with Crippen LogP contribution in [0.2, 0.25) is 0 Å². The van der Waals surface area contributed by atoms with Crippen molar-refractivity contribution in [3.63, 3.8) is 0 Å². The second-order valence-corrected chi connectivity index (χ2v) is 4.00. The van der Waals surface area contributed by atoms with Crippen molar-refractivity contribution in [3.8, 4) is 0 Å². The van der Waals surface area contributed by atoms with E-state index >= 15 is 0 Å². The summed E-state index contributed by atoms with van der Waals surface area (Å²) in [6, 6.07) is 0. The zero-order valence-corrected chi connectivity index (χ0v) is 7.28. The van der Waals surface area contributed by atoms with Crippen molar-refractivity contribution in [2.45, 2.75) is 25.9 Å². The highest BCUT2D eigenvalue weighted by Gasteiger charge is 2.33. The van der Waals surface area contributed by atoms with Gasteiger partial charge in [-0.15, -0.1) is 0 Å². The molecule has 0 aromatic carbocycles. The largest absolute Gasteiger partial charge is 0.272 e. The lowest BCUT2D eigenvalue weighted by atomic mass is 10.2. The van der Waals surface area contributed by atoms with Crippen molar-refractivity contribution in [1.29, 1.82) is 0 Å². The lowest BCUT2D eigenvalue weighted by molar-refractivity contribution is -0.0692. The van der Waals surface area contributed by atoms with Gasteiger partial charge in [-0.3, -0.25) is 4.18 Å². The highest BCUT2D eigenvalue weighted by atomic mass is 32.2. The summed E-state index contributed by atoms with van der Waals surface area (Å²) in [4.78, 5) is 0. The lowest BCUT2D eigenvalue weighted by Crippen LogP contribution is -2.31. The Hall–Kier alpha value is -0.230. The van der Waals surface area contributed by atoms with Crippen molar-refractivity contribution in [2.75, 3.05) is 6.26 Å². The molecule has 1 atom stereocenters. The molecule has 0 aliphatic carbocycles. The van der Waals surface area contributed by atoms with E-state index in [0.29, 0.717) is 6.92 Å². The molecular weight excluding hydrogens is 178 g/mol. The standard InChI is InChI=1S/C5H10F2O3S/c1-4(5(2,6)7)10-11(3,8)9/h4H,1-3H3.